The summed E-state index contributed by atoms with van der Waals surface area (Å²) in [7, 11) is -2.16. The highest BCUT2D eigenvalue weighted by molar-refractivity contribution is 7.93. The number of hydrogen-bond acceptors (Lipinski definition) is 8. The molecule has 0 atom stereocenters. The van der Waals surface area contributed by atoms with Crippen LogP contribution in [-0.2, 0) is 24.4 Å². The van der Waals surface area contributed by atoms with Crippen LogP contribution in [0.1, 0.15) is 38.3 Å². The van der Waals surface area contributed by atoms with Crippen LogP contribution in [0.4, 0.5) is 5.13 Å². The van der Waals surface area contributed by atoms with Gasteiger partial charge in [0.2, 0.25) is 15.7 Å². The molecule has 0 aromatic carbocycles. The molecule has 0 radical (unpaired) electrons. The van der Waals surface area contributed by atoms with Crippen molar-refractivity contribution in [3.8, 4) is 0 Å². The normalized spacial score (nSPS) is 16.3. The maximum absolute atomic E-state index is 12.3. The molecule has 1 N–H and O–H groups in total. The Labute approximate surface area is 138 Å². The average Bonchev–Trinajstić information content (AvgIpc) is 3.16. The fourth-order valence-electron chi connectivity index (χ4n) is 2.31. The van der Waals surface area contributed by atoms with E-state index < -0.39 is 16.0 Å². The number of nitrogens with one attached hydrogen (secondary N) is 1. The molecular weight excluding hydrogens is 342 g/mol. The summed E-state index contributed by atoms with van der Waals surface area (Å²) in [5.41, 5.74) is 0.108. The standard InChI is InChI=1S/C13H19N3O5S2/c1-3-21-12(17)11(15-20-2)10-8-22-13(14-10)16-23(18,19)9-6-4-5-7-9/h8-9H,3-7H2,1-2H3,(H,14,16)/b15-11+. The topological polar surface area (TPSA) is 107 Å². The van der Waals surface area contributed by atoms with E-state index >= 15 is 0 Å². The Hall–Kier alpha value is -1.68. The van der Waals surface area contributed by atoms with Crippen LogP contribution in [0, 0.1) is 0 Å². The van der Waals surface area contributed by atoms with E-state index in [0.717, 1.165) is 24.2 Å². The average molecular weight is 361 g/mol. The van der Waals surface area contributed by atoms with Gasteiger partial charge in [-0.15, -0.1) is 11.3 Å². The Morgan fingerprint density at radius 1 is 1.48 bits per heavy atom. The summed E-state index contributed by atoms with van der Waals surface area (Å²) in [4.78, 5) is 20.6. The molecule has 0 spiro atoms. The lowest BCUT2D eigenvalue weighted by Gasteiger charge is -2.10. The van der Waals surface area contributed by atoms with Gasteiger partial charge in [-0.25, -0.2) is 18.2 Å². The van der Waals surface area contributed by atoms with E-state index in [1.165, 1.54) is 12.5 Å². The number of aromatic nitrogens is 1. The van der Waals surface area contributed by atoms with Crippen molar-refractivity contribution in [3.05, 3.63) is 11.1 Å². The number of hydrogen-bond donors (Lipinski definition) is 1. The minimum Gasteiger partial charge on any atom is -0.461 e. The molecule has 128 valence electrons. The molecule has 0 aliphatic heterocycles. The number of anilines is 1. The smallest absolute Gasteiger partial charge is 0.362 e. The molecule has 1 aliphatic carbocycles. The molecule has 23 heavy (non-hydrogen) atoms. The Balaban J connectivity index is 2.15. The van der Waals surface area contributed by atoms with E-state index in [9.17, 15) is 13.2 Å². The molecule has 1 aromatic heterocycles. The van der Waals surface area contributed by atoms with Gasteiger partial charge in [-0.1, -0.05) is 18.0 Å². The summed E-state index contributed by atoms with van der Waals surface area (Å²) < 4.78 is 31.9. The fourth-order valence-corrected chi connectivity index (χ4v) is 4.80. The van der Waals surface area contributed by atoms with Crippen molar-refractivity contribution in [1.29, 1.82) is 0 Å². The predicted octanol–water partition coefficient (Wildman–Crippen LogP) is 1.74. The van der Waals surface area contributed by atoms with Crippen LogP contribution in [-0.4, -0.2) is 44.0 Å². The fraction of sp³-hybridized carbons (Fsp3) is 0.615. The van der Waals surface area contributed by atoms with Crippen molar-refractivity contribution < 1.29 is 22.8 Å². The lowest BCUT2D eigenvalue weighted by atomic mass is 10.3. The Morgan fingerprint density at radius 3 is 2.78 bits per heavy atom. The van der Waals surface area contributed by atoms with Crippen molar-refractivity contribution in [2.45, 2.75) is 37.9 Å². The largest absolute Gasteiger partial charge is 0.461 e. The number of nitrogens with zero attached hydrogens (tertiary/aromatic N) is 2. The first-order valence-electron chi connectivity index (χ1n) is 7.23. The molecule has 0 bridgehead atoms. The van der Waals surface area contributed by atoms with Gasteiger partial charge >= 0.3 is 5.97 Å². The predicted molar refractivity (Wildman–Crippen MR) is 87.1 cm³/mol. The van der Waals surface area contributed by atoms with Gasteiger partial charge in [-0.05, 0) is 19.8 Å². The molecule has 0 amide bonds. The van der Waals surface area contributed by atoms with Crippen LogP contribution in [0.2, 0.25) is 0 Å². The van der Waals surface area contributed by atoms with E-state index in [4.69, 9.17) is 4.74 Å². The maximum atomic E-state index is 12.3. The SMILES string of the molecule is CCOC(=O)/C(=N/OC)c1csc(NS(=O)(=O)C2CCCC2)n1. The number of oxime groups is 1. The van der Waals surface area contributed by atoms with Crippen molar-refractivity contribution in [2.24, 2.45) is 5.16 Å². The Morgan fingerprint density at radius 2 is 2.17 bits per heavy atom. The van der Waals surface area contributed by atoms with Gasteiger partial charge in [0.1, 0.15) is 12.8 Å². The van der Waals surface area contributed by atoms with E-state index in [-0.39, 0.29) is 28.4 Å². The van der Waals surface area contributed by atoms with Gasteiger partial charge in [0.05, 0.1) is 11.9 Å². The highest BCUT2D eigenvalue weighted by Gasteiger charge is 2.30. The zero-order valence-corrected chi connectivity index (χ0v) is 14.6. The third-order valence-electron chi connectivity index (χ3n) is 3.37. The molecule has 1 saturated carbocycles. The van der Waals surface area contributed by atoms with E-state index in [1.54, 1.807) is 6.92 Å². The number of rotatable bonds is 7. The number of ether oxygens (including phenoxy) is 1. The molecule has 2 rings (SSSR count). The van der Waals surface area contributed by atoms with Gasteiger partial charge in [0.15, 0.2) is 5.13 Å². The van der Waals surface area contributed by atoms with E-state index in [2.05, 4.69) is 19.7 Å². The highest BCUT2D eigenvalue weighted by Crippen LogP contribution is 2.27. The maximum Gasteiger partial charge on any atom is 0.362 e. The van der Waals surface area contributed by atoms with Gasteiger partial charge in [-0.2, -0.15) is 0 Å². The molecule has 1 aromatic rings. The van der Waals surface area contributed by atoms with E-state index in [0.29, 0.717) is 12.8 Å². The van der Waals surface area contributed by atoms with Crippen LogP contribution >= 0.6 is 11.3 Å². The summed E-state index contributed by atoms with van der Waals surface area (Å²) in [5.74, 6) is -0.676. The summed E-state index contributed by atoms with van der Waals surface area (Å²) in [6, 6.07) is 0. The van der Waals surface area contributed by atoms with Gasteiger partial charge < -0.3 is 9.57 Å². The summed E-state index contributed by atoms with van der Waals surface area (Å²) in [6.07, 6.45) is 3.16. The van der Waals surface area contributed by atoms with Crippen LogP contribution in [0.25, 0.3) is 0 Å². The van der Waals surface area contributed by atoms with Crippen LogP contribution in [0.5, 0.6) is 0 Å². The molecule has 8 nitrogen and oxygen atoms in total. The summed E-state index contributed by atoms with van der Waals surface area (Å²) >= 11 is 1.08. The Bertz CT molecular complexity index is 678. The van der Waals surface area contributed by atoms with Crippen molar-refractivity contribution in [3.63, 3.8) is 0 Å². The highest BCUT2D eigenvalue weighted by atomic mass is 32.2. The van der Waals surface area contributed by atoms with Crippen LogP contribution < -0.4 is 4.72 Å². The molecule has 0 unspecified atom stereocenters. The molecular formula is C13H19N3O5S2. The third kappa shape index (κ3) is 4.41. The second kappa shape index (κ2) is 7.73. The van der Waals surface area contributed by atoms with Crippen LogP contribution in [0.3, 0.4) is 0 Å². The lowest BCUT2D eigenvalue weighted by Crippen LogP contribution is -2.25. The monoisotopic (exact) mass is 361 g/mol. The first-order chi connectivity index (χ1) is 11.0. The van der Waals surface area contributed by atoms with Crippen molar-refractivity contribution in [1.82, 2.24) is 4.98 Å². The molecule has 1 aliphatic rings. The number of esters is 1. The van der Waals surface area contributed by atoms with Gasteiger partial charge in [-0.3, -0.25) is 4.72 Å². The number of carbonyl (C=O) groups excluding carboxylic acids is 1. The number of thiazole rings is 1. The zero-order valence-electron chi connectivity index (χ0n) is 12.9. The minimum absolute atomic E-state index is 0.100. The molecule has 0 saturated heterocycles. The summed E-state index contributed by atoms with van der Waals surface area (Å²) in [6.45, 7) is 1.86. The van der Waals surface area contributed by atoms with Crippen molar-refractivity contribution >= 4 is 38.2 Å². The van der Waals surface area contributed by atoms with Gasteiger partial charge in [0.25, 0.3) is 0 Å². The second-order valence-corrected chi connectivity index (χ2v) is 7.75. The van der Waals surface area contributed by atoms with Crippen molar-refractivity contribution in [2.75, 3.05) is 18.4 Å². The zero-order chi connectivity index (χ0) is 16.9. The first-order valence-corrected chi connectivity index (χ1v) is 9.66. The number of sulfonamides is 1. The summed E-state index contributed by atoms with van der Waals surface area (Å²) in [5, 5.41) is 4.95. The molecule has 1 heterocycles. The quantitative estimate of drug-likeness (QED) is 0.450. The molecule has 1 fully saturated rings. The van der Waals surface area contributed by atoms with E-state index in [1.807, 2.05) is 0 Å². The number of carbonyl (C=O) groups is 1. The lowest BCUT2D eigenvalue weighted by molar-refractivity contribution is -0.135. The first kappa shape index (κ1) is 17.7. The minimum atomic E-state index is -3.46. The molecule has 10 heteroatoms. The Kier molecular flexibility index (Phi) is 5.94. The van der Waals surface area contributed by atoms with Crippen LogP contribution in [0.15, 0.2) is 10.5 Å². The second-order valence-electron chi connectivity index (χ2n) is 4.93. The van der Waals surface area contributed by atoms with Gasteiger partial charge in [0, 0.05) is 5.38 Å². The third-order valence-corrected chi connectivity index (χ3v) is 6.08.